The number of hydrogen-bond donors (Lipinski definition) is 2. The zero-order valence-electron chi connectivity index (χ0n) is 20.6. The number of amides is 1. The molecule has 0 spiro atoms. The Morgan fingerprint density at radius 1 is 0.951 bits per heavy atom. The van der Waals surface area contributed by atoms with Crippen molar-refractivity contribution in [1.82, 2.24) is 10.6 Å². The second-order valence-corrected chi connectivity index (χ2v) is 9.61. The highest BCUT2D eigenvalue weighted by Gasteiger charge is 2.62. The van der Waals surface area contributed by atoms with Crippen LogP contribution < -0.4 is 10.6 Å². The predicted molar refractivity (Wildman–Crippen MR) is 131 cm³/mol. The summed E-state index contributed by atoms with van der Waals surface area (Å²) >= 11 is 5.75. The van der Waals surface area contributed by atoms with Gasteiger partial charge in [0, 0.05) is 29.1 Å². The summed E-state index contributed by atoms with van der Waals surface area (Å²) in [6, 6.07) is 11.0. The highest BCUT2D eigenvalue weighted by atomic mass is 35.5. The molecule has 3 aromatic carbocycles. The van der Waals surface area contributed by atoms with E-state index in [2.05, 4.69) is 10.5 Å². The molecule has 0 radical (unpaired) electrons. The fourth-order valence-electron chi connectivity index (χ4n) is 4.37. The van der Waals surface area contributed by atoms with Gasteiger partial charge in [-0.15, -0.1) is 0 Å². The van der Waals surface area contributed by atoms with Crippen molar-refractivity contribution in [2.45, 2.75) is 37.1 Å². The number of rotatable bonds is 7. The summed E-state index contributed by atoms with van der Waals surface area (Å²) in [6.45, 7) is -1.89. The van der Waals surface area contributed by atoms with Gasteiger partial charge in [0.05, 0.1) is 17.8 Å². The molecular weight excluding hydrogens is 593 g/mol. The van der Waals surface area contributed by atoms with E-state index >= 15 is 0 Å². The molecule has 1 atom stereocenters. The van der Waals surface area contributed by atoms with Crippen molar-refractivity contribution in [3.8, 4) is 0 Å². The van der Waals surface area contributed by atoms with Crippen LogP contribution >= 0.6 is 11.6 Å². The summed E-state index contributed by atoms with van der Waals surface area (Å²) in [6.07, 6.45) is -15.7. The number of nitrogens with zero attached hydrogens (tertiary/aromatic N) is 1. The lowest BCUT2D eigenvalue weighted by molar-refractivity contribution is -0.276. The summed E-state index contributed by atoms with van der Waals surface area (Å²) < 4.78 is 120. The maximum absolute atomic E-state index is 14.4. The predicted octanol–water partition coefficient (Wildman–Crippen LogP) is 6.86. The van der Waals surface area contributed by atoms with Gasteiger partial charge in [-0.05, 0) is 34.5 Å². The van der Waals surface area contributed by atoms with Gasteiger partial charge in [0.25, 0.3) is 5.60 Å². The molecule has 0 fully saturated rings. The SMILES string of the molecule is O=C(CNCc1ccc(C2=NO[C@@](c3cc(Cl)cc(C(F)(F)F)c3)(C(F)(F)F)C2)c2ccccc12)NCC(F)(F)F. The highest BCUT2D eigenvalue weighted by Crippen LogP contribution is 2.50. The van der Waals surface area contributed by atoms with Crippen molar-refractivity contribution < 1.29 is 49.1 Å². The third-order valence-corrected chi connectivity index (χ3v) is 6.51. The Hall–Kier alpha value is -3.52. The maximum atomic E-state index is 14.4. The van der Waals surface area contributed by atoms with E-state index in [0.717, 1.165) is 6.07 Å². The number of hydrogen-bond acceptors (Lipinski definition) is 4. The number of oxime groups is 1. The molecule has 0 aliphatic carbocycles. The molecule has 0 bridgehead atoms. The first-order valence-electron chi connectivity index (χ1n) is 11.8. The Morgan fingerprint density at radius 3 is 2.27 bits per heavy atom. The van der Waals surface area contributed by atoms with Gasteiger partial charge in [0.1, 0.15) is 6.54 Å². The summed E-state index contributed by atoms with van der Waals surface area (Å²) in [5, 5.41) is 8.46. The minimum atomic E-state index is -5.18. The van der Waals surface area contributed by atoms with E-state index in [1.807, 2.05) is 0 Å². The number of carbonyl (C=O) groups excluding carboxylic acids is 1. The van der Waals surface area contributed by atoms with E-state index in [1.54, 1.807) is 29.6 Å². The van der Waals surface area contributed by atoms with Gasteiger partial charge >= 0.3 is 18.5 Å². The second-order valence-electron chi connectivity index (χ2n) is 9.17. The van der Waals surface area contributed by atoms with E-state index in [0.29, 0.717) is 28.5 Å². The Morgan fingerprint density at radius 2 is 1.63 bits per heavy atom. The van der Waals surface area contributed by atoms with Crippen LogP contribution in [0, 0.1) is 0 Å². The van der Waals surface area contributed by atoms with Gasteiger partial charge in [-0.3, -0.25) is 4.79 Å². The first-order valence-corrected chi connectivity index (χ1v) is 12.1. The van der Waals surface area contributed by atoms with Gasteiger partial charge < -0.3 is 15.5 Å². The largest absolute Gasteiger partial charge is 0.435 e. The average Bonchev–Trinajstić information content (AvgIpc) is 3.33. The molecule has 1 amide bonds. The van der Waals surface area contributed by atoms with Gasteiger partial charge in [-0.25, -0.2) is 0 Å². The third-order valence-electron chi connectivity index (χ3n) is 6.29. The Kier molecular flexibility index (Phi) is 8.20. The summed E-state index contributed by atoms with van der Waals surface area (Å²) in [7, 11) is 0. The Labute approximate surface area is 231 Å². The lowest BCUT2D eigenvalue weighted by atomic mass is 9.84. The van der Waals surface area contributed by atoms with Crippen molar-refractivity contribution in [2.75, 3.05) is 13.1 Å². The maximum Gasteiger partial charge on any atom is 0.435 e. The van der Waals surface area contributed by atoms with E-state index in [4.69, 9.17) is 16.4 Å². The monoisotopic (exact) mass is 611 g/mol. The van der Waals surface area contributed by atoms with Crippen LogP contribution in [0.1, 0.15) is 28.7 Å². The zero-order valence-corrected chi connectivity index (χ0v) is 21.3. The molecule has 15 heteroatoms. The summed E-state index contributed by atoms with van der Waals surface area (Å²) in [4.78, 5) is 16.6. The molecular formula is C26H19ClF9N3O2. The second kappa shape index (κ2) is 11.0. The molecule has 0 saturated carbocycles. The fourth-order valence-corrected chi connectivity index (χ4v) is 4.61. The number of carbonyl (C=O) groups is 1. The molecule has 3 aromatic rings. The minimum Gasteiger partial charge on any atom is -0.374 e. The zero-order chi connectivity index (χ0) is 30.2. The lowest BCUT2D eigenvalue weighted by Crippen LogP contribution is -2.43. The summed E-state index contributed by atoms with van der Waals surface area (Å²) in [5.41, 5.74) is -4.88. The van der Waals surface area contributed by atoms with E-state index in [-0.39, 0.29) is 17.8 Å². The standard InChI is InChI=1S/C26H19ClF9N3O2/c27-17-8-15(7-16(9-17)25(31,32)33)23(26(34,35)36)10-21(39-41-23)20-6-5-14(18-3-1-2-4-19(18)20)11-37-12-22(40)38-13-24(28,29)30/h1-9,37H,10-13H2,(H,38,40)/t23-/m0/s1. The molecule has 4 rings (SSSR count). The van der Waals surface area contributed by atoms with Crippen molar-refractivity contribution in [3.63, 3.8) is 0 Å². The van der Waals surface area contributed by atoms with Crippen LogP contribution in [0.2, 0.25) is 5.02 Å². The first-order chi connectivity index (χ1) is 19.0. The molecule has 1 aliphatic heterocycles. The van der Waals surface area contributed by atoms with Gasteiger partial charge in [0.2, 0.25) is 5.91 Å². The van der Waals surface area contributed by atoms with E-state index in [1.165, 1.54) is 12.1 Å². The van der Waals surface area contributed by atoms with Crippen LogP contribution in [0.25, 0.3) is 10.8 Å². The molecule has 1 heterocycles. The van der Waals surface area contributed by atoms with E-state index < -0.39 is 65.7 Å². The average molecular weight is 612 g/mol. The fraction of sp³-hybridized carbons (Fsp3) is 0.308. The van der Waals surface area contributed by atoms with Crippen molar-refractivity contribution in [2.24, 2.45) is 5.16 Å². The Balaban J connectivity index is 1.61. The number of alkyl halides is 9. The number of nitrogens with one attached hydrogen (secondary N) is 2. The lowest BCUT2D eigenvalue weighted by Gasteiger charge is -2.30. The molecule has 0 unspecified atom stereocenters. The van der Waals surface area contributed by atoms with E-state index in [9.17, 15) is 44.3 Å². The normalized spacial score (nSPS) is 17.9. The Bertz CT molecular complexity index is 1490. The molecule has 0 saturated heterocycles. The number of halogens is 10. The minimum absolute atomic E-state index is 0.0262. The molecule has 220 valence electrons. The van der Waals surface area contributed by atoms with Crippen LogP contribution in [0.15, 0.2) is 59.8 Å². The molecule has 1 aliphatic rings. The van der Waals surface area contributed by atoms with Crippen LogP contribution in [0.3, 0.4) is 0 Å². The van der Waals surface area contributed by atoms with Gasteiger partial charge in [0.15, 0.2) is 0 Å². The number of benzene rings is 3. The van der Waals surface area contributed by atoms with Crippen molar-refractivity contribution in [1.29, 1.82) is 0 Å². The van der Waals surface area contributed by atoms with Crippen LogP contribution in [0.4, 0.5) is 39.5 Å². The highest BCUT2D eigenvalue weighted by molar-refractivity contribution is 6.30. The van der Waals surface area contributed by atoms with Gasteiger partial charge in [-0.2, -0.15) is 39.5 Å². The molecule has 5 nitrogen and oxygen atoms in total. The first kappa shape index (κ1) is 30.4. The number of fused-ring (bicyclic) bond motifs is 1. The smallest absolute Gasteiger partial charge is 0.374 e. The van der Waals surface area contributed by atoms with Crippen LogP contribution in [-0.2, 0) is 28.0 Å². The van der Waals surface area contributed by atoms with Crippen molar-refractivity contribution >= 4 is 34.0 Å². The quantitative estimate of drug-likeness (QED) is 0.287. The topological polar surface area (TPSA) is 62.7 Å². The third kappa shape index (κ3) is 6.70. The molecule has 41 heavy (non-hydrogen) atoms. The molecule has 2 N–H and O–H groups in total. The summed E-state index contributed by atoms with van der Waals surface area (Å²) in [5.74, 6) is -0.890. The van der Waals surface area contributed by atoms with Crippen LogP contribution in [0.5, 0.6) is 0 Å². The van der Waals surface area contributed by atoms with Gasteiger partial charge in [-0.1, -0.05) is 53.2 Å². The van der Waals surface area contributed by atoms with Crippen molar-refractivity contribution in [3.05, 3.63) is 81.9 Å². The molecule has 0 aromatic heterocycles. The van der Waals surface area contributed by atoms with Crippen LogP contribution in [-0.4, -0.2) is 37.1 Å².